The molecule has 3 heterocycles. The van der Waals surface area contributed by atoms with Gasteiger partial charge in [-0.05, 0) is 23.6 Å². The Balaban J connectivity index is 1.57. The van der Waals surface area contributed by atoms with Crippen LogP contribution in [0.1, 0.15) is 10.5 Å². The van der Waals surface area contributed by atoms with E-state index in [0.29, 0.717) is 22.1 Å². The van der Waals surface area contributed by atoms with Gasteiger partial charge in [-0.2, -0.15) is 0 Å². The number of aromatic hydroxyl groups is 1. The number of nitrogens with one attached hydrogen (secondary N) is 1. The SMILES string of the molecule is O=C(Nc1nc(-c2ccccc2O)cs1)c1ncoc1-c1cccs1. The van der Waals surface area contributed by atoms with Crippen LogP contribution in [0.3, 0.4) is 0 Å². The zero-order valence-corrected chi connectivity index (χ0v) is 14.3. The van der Waals surface area contributed by atoms with Crippen LogP contribution in [-0.4, -0.2) is 21.0 Å². The smallest absolute Gasteiger partial charge is 0.280 e. The summed E-state index contributed by atoms with van der Waals surface area (Å²) in [5.74, 6) is 0.183. The van der Waals surface area contributed by atoms with Crippen molar-refractivity contribution in [3.8, 4) is 27.6 Å². The van der Waals surface area contributed by atoms with Crippen LogP contribution in [-0.2, 0) is 0 Å². The fourth-order valence-electron chi connectivity index (χ4n) is 2.29. The summed E-state index contributed by atoms with van der Waals surface area (Å²) in [5, 5.41) is 16.7. The van der Waals surface area contributed by atoms with Crippen LogP contribution in [0.4, 0.5) is 5.13 Å². The van der Waals surface area contributed by atoms with Crippen molar-refractivity contribution in [2.45, 2.75) is 0 Å². The molecule has 0 aliphatic carbocycles. The van der Waals surface area contributed by atoms with E-state index in [4.69, 9.17) is 4.42 Å². The Bertz CT molecular complexity index is 1020. The Labute approximate surface area is 150 Å². The summed E-state index contributed by atoms with van der Waals surface area (Å²) >= 11 is 2.74. The Morgan fingerprint density at radius 2 is 2.04 bits per heavy atom. The number of rotatable bonds is 4. The number of phenols is 1. The number of benzene rings is 1. The predicted octanol–water partition coefficient (Wildman–Crippen LogP) is 4.48. The first-order valence-electron chi connectivity index (χ1n) is 7.25. The third kappa shape index (κ3) is 3.04. The molecule has 0 atom stereocenters. The standard InChI is InChI=1S/C17H11N3O3S2/c21-12-5-2-1-4-10(12)11-8-25-17(19-11)20-16(22)14-15(23-9-18-14)13-6-3-7-24-13/h1-9,21H,(H,19,20,22). The molecular formula is C17H11N3O3S2. The van der Waals surface area contributed by atoms with Gasteiger partial charge in [0.15, 0.2) is 23.0 Å². The van der Waals surface area contributed by atoms with Gasteiger partial charge in [0, 0.05) is 10.9 Å². The van der Waals surface area contributed by atoms with Crippen LogP contribution in [0.15, 0.2) is 58.0 Å². The lowest BCUT2D eigenvalue weighted by molar-refractivity contribution is 0.102. The number of nitrogens with zero attached hydrogens (tertiary/aromatic N) is 2. The lowest BCUT2D eigenvalue weighted by Crippen LogP contribution is -2.13. The highest BCUT2D eigenvalue weighted by Gasteiger charge is 2.20. The van der Waals surface area contributed by atoms with E-state index >= 15 is 0 Å². The fraction of sp³-hybridized carbons (Fsp3) is 0. The minimum Gasteiger partial charge on any atom is -0.507 e. The average molecular weight is 369 g/mol. The second-order valence-corrected chi connectivity index (χ2v) is 6.82. The topological polar surface area (TPSA) is 88.2 Å². The molecule has 3 aromatic heterocycles. The molecule has 0 saturated heterocycles. The Morgan fingerprint density at radius 3 is 2.84 bits per heavy atom. The zero-order chi connectivity index (χ0) is 17.2. The molecule has 0 aliphatic heterocycles. The van der Waals surface area contributed by atoms with Crippen LogP contribution >= 0.6 is 22.7 Å². The van der Waals surface area contributed by atoms with Gasteiger partial charge in [0.05, 0.1) is 10.6 Å². The molecule has 0 fully saturated rings. The molecule has 2 N–H and O–H groups in total. The van der Waals surface area contributed by atoms with Crippen molar-refractivity contribution in [1.82, 2.24) is 9.97 Å². The number of carbonyl (C=O) groups is 1. The van der Waals surface area contributed by atoms with Crippen LogP contribution in [0.5, 0.6) is 5.75 Å². The van der Waals surface area contributed by atoms with Gasteiger partial charge in [-0.3, -0.25) is 10.1 Å². The average Bonchev–Trinajstić information content (AvgIpc) is 3.36. The molecule has 4 rings (SSSR count). The lowest BCUT2D eigenvalue weighted by Gasteiger charge is -2.01. The number of thiazole rings is 1. The number of aromatic nitrogens is 2. The lowest BCUT2D eigenvalue weighted by atomic mass is 10.1. The first kappa shape index (κ1) is 15.6. The van der Waals surface area contributed by atoms with Gasteiger partial charge in [-0.15, -0.1) is 22.7 Å². The van der Waals surface area contributed by atoms with Crippen LogP contribution in [0.25, 0.3) is 21.9 Å². The third-order valence-corrected chi connectivity index (χ3v) is 5.06. The van der Waals surface area contributed by atoms with E-state index in [1.165, 1.54) is 29.1 Å². The fourth-order valence-corrected chi connectivity index (χ4v) is 3.71. The number of phenolic OH excluding ortho intramolecular Hbond substituents is 1. The predicted molar refractivity (Wildman–Crippen MR) is 97.0 cm³/mol. The van der Waals surface area contributed by atoms with Crippen LogP contribution in [0.2, 0.25) is 0 Å². The minimum atomic E-state index is -0.393. The monoisotopic (exact) mass is 369 g/mol. The van der Waals surface area contributed by atoms with E-state index in [2.05, 4.69) is 15.3 Å². The molecule has 25 heavy (non-hydrogen) atoms. The van der Waals surface area contributed by atoms with Crippen molar-refractivity contribution in [2.75, 3.05) is 5.32 Å². The molecule has 0 unspecified atom stereocenters. The minimum absolute atomic E-state index is 0.141. The second kappa shape index (κ2) is 6.50. The van der Waals surface area contributed by atoms with Crippen molar-refractivity contribution in [3.63, 3.8) is 0 Å². The maximum atomic E-state index is 12.5. The Morgan fingerprint density at radius 1 is 1.16 bits per heavy atom. The largest absolute Gasteiger partial charge is 0.507 e. The third-order valence-electron chi connectivity index (χ3n) is 3.43. The maximum absolute atomic E-state index is 12.5. The summed E-state index contributed by atoms with van der Waals surface area (Å²) in [7, 11) is 0. The molecule has 0 bridgehead atoms. The van der Waals surface area contributed by atoms with Gasteiger partial charge in [0.25, 0.3) is 5.91 Å². The molecule has 1 amide bonds. The number of carbonyl (C=O) groups excluding carboxylic acids is 1. The Kier molecular flexibility index (Phi) is 4.04. The van der Waals surface area contributed by atoms with E-state index in [1.807, 2.05) is 23.6 Å². The van der Waals surface area contributed by atoms with E-state index in [9.17, 15) is 9.90 Å². The number of oxazole rings is 1. The van der Waals surface area contributed by atoms with Gasteiger partial charge >= 0.3 is 0 Å². The summed E-state index contributed by atoms with van der Waals surface area (Å²) in [6, 6.07) is 10.7. The molecule has 0 aliphatic rings. The first-order valence-corrected chi connectivity index (χ1v) is 9.01. The highest BCUT2D eigenvalue weighted by Crippen LogP contribution is 2.32. The molecular weight excluding hydrogens is 358 g/mol. The van der Waals surface area contributed by atoms with Gasteiger partial charge in [0.2, 0.25) is 0 Å². The van der Waals surface area contributed by atoms with E-state index in [-0.39, 0.29) is 11.4 Å². The quantitative estimate of drug-likeness (QED) is 0.553. The van der Waals surface area contributed by atoms with Gasteiger partial charge in [0.1, 0.15) is 5.75 Å². The summed E-state index contributed by atoms with van der Waals surface area (Å²) in [6.07, 6.45) is 1.25. The molecule has 8 heteroatoms. The number of anilines is 1. The highest BCUT2D eigenvalue weighted by molar-refractivity contribution is 7.14. The molecule has 1 aromatic carbocycles. The molecule has 6 nitrogen and oxygen atoms in total. The summed E-state index contributed by atoms with van der Waals surface area (Å²) in [5.41, 5.74) is 1.42. The van der Waals surface area contributed by atoms with Crippen molar-refractivity contribution in [2.24, 2.45) is 0 Å². The summed E-state index contributed by atoms with van der Waals surface area (Å²) in [4.78, 5) is 21.7. The second-order valence-electron chi connectivity index (χ2n) is 5.02. The number of hydrogen-bond acceptors (Lipinski definition) is 7. The highest BCUT2D eigenvalue weighted by atomic mass is 32.1. The van der Waals surface area contributed by atoms with Crippen molar-refractivity contribution in [1.29, 1.82) is 0 Å². The maximum Gasteiger partial charge on any atom is 0.280 e. The van der Waals surface area contributed by atoms with Gasteiger partial charge in [-0.1, -0.05) is 18.2 Å². The number of thiophene rings is 1. The number of amides is 1. The van der Waals surface area contributed by atoms with Crippen molar-refractivity contribution < 1.29 is 14.3 Å². The molecule has 0 radical (unpaired) electrons. The molecule has 124 valence electrons. The van der Waals surface area contributed by atoms with Gasteiger partial charge < -0.3 is 9.52 Å². The number of hydrogen-bond donors (Lipinski definition) is 2. The van der Waals surface area contributed by atoms with Crippen LogP contribution < -0.4 is 5.32 Å². The summed E-state index contributed by atoms with van der Waals surface area (Å²) < 4.78 is 5.35. The first-order chi connectivity index (χ1) is 12.2. The van der Waals surface area contributed by atoms with E-state index in [1.54, 1.807) is 23.6 Å². The van der Waals surface area contributed by atoms with Crippen LogP contribution in [0, 0.1) is 0 Å². The van der Waals surface area contributed by atoms with E-state index < -0.39 is 5.91 Å². The van der Waals surface area contributed by atoms with Crippen molar-refractivity contribution >= 4 is 33.7 Å². The molecule has 0 saturated carbocycles. The van der Waals surface area contributed by atoms with Crippen molar-refractivity contribution in [3.05, 3.63) is 59.2 Å². The normalized spacial score (nSPS) is 10.7. The van der Waals surface area contributed by atoms with Gasteiger partial charge in [-0.25, -0.2) is 9.97 Å². The zero-order valence-electron chi connectivity index (χ0n) is 12.7. The summed E-state index contributed by atoms with van der Waals surface area (Å²) in [6.45, 7) is 0. The molecule has 4 aromatic rings. The Hall–Kier alpha value is -2.97. The van der Waals surface area contributed by atoms with E-state index in [0.717, 1.165) is 4.88 Å². The molecule has 0 spiro atoms. The number of para-hydroxylation sites is 1.